The third kappa shape index (κ3) is 5.51. The first-order valence-electron chi connectivity index (χ1n) is 10.7. The number of halogens is 1. The quantitative estimate of drug-likeness (QED) is 0.232. The van der Waals surface area contributed by atoms with Crippen molar-refractivity contribution in [1.29, 1.82) is 0 Å². The van der Waals surface area contributed by atoms with E-state index in [1.807, 2.05) is 6.92 Å². The van der Waals surface area contributed by atoms with Gasteiger partial charge in [0.15, 0.2) is 5.96 Å². The molecule has 0 aromatic rings. The number of guanidine groups is 1. The number of urea groups is 1. The molecule has 2 heterocycles. The fourth-order valence-electron chi connectivity index (χ4n) is 4.77. The molecule has 3 amide bonds. The zero-order valence-corrected chi connectivity index (χ0v) is 19.6. The van der Waals surface area contributed by atoms with Crippen LogP contribution in [-0.4, -0.2) is 54.5 Å². The number of rotatable bonds is 5. The van der Waals surface area contributed by atoms with Gasteiger partial charge in [0.2, 0.25) is 0 Å². The lowest BCUT2D eigenvalue weighted by Gasteiger charge is -2.39. The summed E-state index contributed by atoms with van der Waals surface area (Å²) >= 11 is 0. The first kappa shape index (κ1) is 23.2. The first-order chi connectivity index (χ1) is 13.0. The number of carbonyl (C=O) groups excluding carboxylic acids is 2. The summed E-state index contributed by atoms with van der Waals surface area (Å²) in [5, 5.41) is 8.63. The standard InChI is InChI=1S/C20H35N5O2.HI/c1-3-21-18(22-12-9-15-7-5-4-6-8-15)25-13-10-16(11-14-25)20(2)17(26)23-19(27)24-20;/h15-16H,3-14H2,1-2H3,(H,21,22)(H2,23,24,26,27);1H. The van der Waals surface area contributed by atoms with E-state index in [1.165, 1.54) is 38.5 Å². The van der Waals surface area contributed by atoms with E-state index < -0.39 is 5.54 Å². The molecule has 160 valence electrons. The van der Waals surface area contributed by atoms with Crippen LogP contribution in [0.2, 0.25) is 0 Å². The minimum absolute atomic E-state index is 0. The Labute approximate surface area is 185 Å². The highest BCUT2D eigenvalue weighted by molar-refractivity contribution is 14.0. The number of nitrogens with zero attached hydrogens (tertiary/aromatic N) is 2. The van der Waals surface area contributed by atoms with E-state index in [-0.39, 0.29) is 41.8 Å². The molecule has 3 N–H and O–H groups in total. The number of amides is 3. The van der Waals surface area contributed by atoms with Crippen molar-refractivity contribution in [2.24, 2.45) is 16.8 Å². The number of hydrogen-bond acceptors (Lipinski definition) is 3. The number of likely N-dealkylation sites (tertiary alicyclic amines) is 1. The lowest BCUT2D eigenvalue weighted by Crippen LogP contribution is -2.55. The van der Waals surface area contributed by atoms with Crippen LogP contribution in [0, 0.1) is 11.8 Å². The van der Waals surface area contributed by atoms with Gasteiger partial charge in [0.05, 0.1) is 0 Å². The van der Waals surface area contributed by atoms with Gasteiger partial charge in [-0.3, -0.25) is 15.1 Å². The van der Waals surface area contributed by atoms with E-state index in [2.05, 4.69) is 27.8 Å². The van der Waals surface area contributed by atoms with Gasteiger partial charge in [0, 0.05) is 26.2 Å². The van der Waals surface area contributed by atoms with Crippen molar-refractivity contribution in [2.45, 2.75) is 70.8 Å². The van der Waals surface area contributed by atoms with Crippen molar-refractivity contribution in [3.63, 3.8) is 0 Å². The second-order valence-electron chi connectivity index (χ2n) is 8.40. The van der Waals surface area contributed by atoms with Gasteiger partial charge in [-0.15, -0.1) is 24.0 Å². The van der Waals surface area contributed by atoms with E-state index in [4.69, 9.17) is 4.99 Å². The normalized spacial score (nSPS) is 27.2. The highest BCUT2D eigenvalue weighted by Gasteiger charge is 2.48. The van der Waals surface area contributed by atoms with Crippen LogP contribution in [0.3, 0.4) is 0 Å². The van der Waals surface area contributed by atoms with Crippen molar-refractivity contribution in [3.05, 3.63) is 0 Å². The summed E-state index contributed by atoms with van der Waals surface area (Å²) in [6.07, 6.45) is 9.82. The molecule has 0 aromatic carbocycles. The smallest absolute Gasteiger partial charge is 0.322 e. The number of imide groups is 1. The second kappa shape index (κ2) is 10.6. The molecule has 2 aliphatic heterocycles. The molecule has 0 bridgehead atoms. The molecule has 3 aliphatic rings. The Morgan fingerprint density at radius 1 is 1.18 bits per heavy atom. The topological polar surface area (TPSA) is 85.8 Å². The van der Waals surface area contributed by atoms with Crippen LogP contribution in [0.1, 0.15) is 65.2 Å². The Bertz CT molecular complexity index is 571. The van der Waals surface area contributed by atoms with Crippen LogP contribution >= 0.6 is 24.0 Å². The summed E-state index contributed by atoms with van der Waals surface area (Å²) in [7, 11) is 0. The Kier molecular flexibility index (Phi) is 8.82. The van der Waals surface area contributed by atoms with Gasteiger partial charge in [-0.25, -0.2) is 4.79 Å². The molecule has 1 aliphatic carbocycles. The molecule has 2 saturated heterocycles. The molecule has 28 heavy (non-hydrogen) atoms. The average Bonchev–Trinajstić information content (AvgIpc) is 2.95. The van der Waals surface area contributed by atoms with Crippen LogP contribution in [-0.2, 0) is 4.79 Å². The van der Waals surface area contributed by atoms with Crippen molar-refractivity contribution < 1.29 is 9.59 Å². The molecule has 0 aromatic heterocycles. The maximum absolute atomic E-state index is 12.2. The molecular weight excluding hydrogens is 469 g/mol. The fraction of sp³-hybridized carbons (Fsp3) is 0.850. The summed E-state index contributed by atoms with van der Waals surface area (Å²) in [4.78, 5) is 30.9. The highest BCUT2D eigenvalue weighted by atomic mass is 127. The van der Waals surface area contributed by atoms with Gasteiger partial charge in [-0.2, -0.15) is 0 Å². The van der Waals surface area contributed by atoms with Crippen LogP contribution in [0.5, 0.6) is 0 Å². The van der Waals surface area contributed by atoms with Gasteiger partial charge in [-0.05, 0) is 44.9 Å². The monoisotopic (exact) mass is 505 g/mol. The third-order valence-corrected chi connectivity index (χ3v) is 6.54. The maximum Gasteiger partial charge on any atom is 0.322 e. The molecule has 1 saturated carbocycles. The predicted molar refractivity (Wildman–Crippen MR) is 122 cm³/mol. The molecule has 0 spiro atoms. The molecule has 8 heteroatoms. The van der Waals surface area contributed by atoms with Gasteiger partial charge < -0.3 is 15.5 Å². The molecule has 1 atom stereocenters. The van der Waals surface area contributed by atoms with E-state index in [1.54, 1.807) is 0 Å². The van der Waals surface area contributed by atoms with Crippen molar-refractivity contribution in [1.82, 2.24) is 20.9 Å². The van der Waals surface area contributed by atoms with Crippen LogP contribution in [0.15, 0.2) is 4.99 Å². The van der Waals surface area contributed by atoms with Gasteiger partial charge in [0.1, 0.15) is 5.54 Å². The molecular formula is C20H36IN5O2. The second-order valence-corrected chi connectivity index (χ2v) is 8.40. The lowest BCUT2D eigenvalue weighted by atomic mass is 9.79. The molecule has 3 rings (SSSR count). The van der Waals surface area contributed by atoms with Crippen LogP contribution in [0.25, 0.3) is 0 Å². The fourth-order valence-corrected chi connectivity index (χ4v) is 4.77. The number of piperidine rings is 1. The largest absolute Gasteiger partial charge is 0.357 e. The number of hydrogen-bond donors (Lipinski definition) is 3. The van der Waals surface area contributed by atoms with Crippen LogP contribution < -0.4 is 16.0 Å². The number of aliphatic imine (C=N–C) groups is 1. The number of carbonyl (C=O) groups is 2. The van der Waals surface area contributed by atoms with E-state index in [0.717, 1.165) is 50.9 Å². The Morgan fingerprint density at radius 3 is 2.43 bits per heavy atom. The summed E-state index contributed by atoms with van der Waals surface area (Å²) in [5.41, 5.74) is -0.778. The minimum Gasteiger partial charge on any atom is -0.357 e. The zero-order chi connectivity index (χ0) is 19.3. The van der Waals surface area contributed by atoms with Crippen LogP contribution in [0.4, 0.5) is 4.79 Å². The third-order valence-electron chi connectivity index (χ3n) is 6.54. The first-order valence-corrected chi connectivity index (χ1v) is 10.7. The zero-order valence-electron chi connectivity index (χ0n) is 17.3. The summed E-state index contributed by atoms with van der Waals surface area (Å²) in [6, 6.07) is -0.373. The Hall–Kier alpha value is -1.06. The summed E-state index contributed by atoms with van der Waals surface area (Å²) in [6.45, 7) is 7.42. The minimum atomic E-state index is -0.778. The molecule has 0 radical (unpaired) electrons. The summed E-state index contributed by atoms with van der Waals surface area (Å²) in [5.74, 6) is 1.81. The van der Waals surface area contributed by atoms with Crippen molar-refractivity contribution >= 4 is 41.9 Å². The highest BCUT2D eigenvalue weighted by Crippen LogP contribution is 2.31. The van der Waals surface area contributed by atoms with Crippen molar-refractivity contribution in [2.75, 3.05) is 26.2 Å². The van der Waals surface area contributed by atoms with Gasteiger partial charge in [-0.1, -0.05) is 32.1 Å². The molecule has 7 nitrogen and oxygen atoms in total. The van der Waals surface area contributed by atoms with Gasteiger partial charge >= 0.3 is 6.03 Å². The van der Waals surface area contributed by atoms with E-state index in [0.29, 0.717) is 0 Å². The lowest BCUT2D eigenvalue weighted by molar-refractivity contribution is -0.125. The Morgan fingerprint density at radius 2 is 1.86 bits per heavy atom. The van der Waals surface area contributed by atoms with E-state index in [9.17, 15) is 9.59 Å². The SMILES string of the molecule is CCNC(=NCCC1CCCCC1)N1CCC(C2(C)NC(=O)NC2=O)CC1.I. The van der Waals surface area contributed by atoms with Crippen molar-refractivity contribution in [3.8, 4) is 0 Å². The van der Waals surface area contributed by atoms with E-state index >= 15 is 0 Å². The number of nitrogens with one attached hydrogen (secondary N) is 3. The molecule has 3 fully saturated rings. The van der Waals surface area contributed by atoms with Gasteiger partial charge in [0.25, 0.3) is 5.91 Å². The molecule has 1 unspecified atom stereocenters. The predicted octanol–water partition coefficient (Wildman–Crippen LogP) is 2.85. The average molecular weight is 505 g/mol. The Balaban J connectivity index is 0.00000280. The maximum atomic E-state index is 12.2. The summed E-state index contributed by atoms with van der Waals surface area (Å²) < 4.78 is 0.